The maximum absolute atomic E-state index is 12.7. The van der Waals surface area contributed by atoms with E-state index in [0.29, 0.717) is 12.8 Å². The number of hydrogen-bond acceptors (Lipinski definition) is 3. The molecular weight excluding hydrogens is 326 g/mol. The topological polar surface area (TPSA) is 57.9 Å². The molecule has 2 aliphatic carbocycles. The standard InChI is InChI=1S/C14H14BrNO2S/c15-11-2-4-12(5-3-11)19(17,18)14(10-16)8-13(9-14)6-1-7-13/h2-5H,1,6-9H2. The SMILES string of the molecule is N#CC1(S(=O)(=O)c2ccc(Br)cc2)CC2(CCC2)C1. The first-order valence-corrected chi connectivity index (χ1v) is 8.62. The van der Waals surface area contributed by atoms with E-state index in [1.165, 1.54) is 6.42 Å². The van der Waals surface area contributed by atoms with Crippen LogP contribution in [0.2, 0.25) is 0 Å². The van der Waals surface area contributed by atoms with Crippen molar-refractivity contribution in [1.82, 2.24) is 0 Å². The molecule has 3 nitrogen and oxygen atoms in total. The number of sulfone groups is 1. The molecule has 0 heterocycles. The highest BCUT2D eigenvalue weighted by Gasteiger charge is 2.64. The van der Waals surface area contributed by atoms with Gasteiger partial charge in [-0.25, -0.2) is 8.42 Å². The first-order valence-electron chi connectivity index (χ1n) is 6.35. The van der Waals surface area contributed by atoms with E-state index < -0.39 is 14.6 Å². The molecular formula is C14H14BrNO2S. The van der Waals surface area contributed by atoms with Gasteiger partial charge in [-0.05, 0) is 55.4 Å². The minimum atomic E-state index is -3.56. The van der Waals surface area contributed by atoms with Crippen molar-refractivity contribution in [2.24, 2.45) is 5.41 Å². The molecule has 0 N–H and O–H groups in total. The van der Waals surface area contributed by atoms with Crippen molar-refractivity contribution in [2.45, 2.75) is 41.7 Å². The number of nitrogens with zero attached hydrogens (tertiary/aromatic N) is 1. The van der Waals surface area contributed by atoms with Crippen LogP contribution in [0.1, 0.15) is 32.1 Å². The largest absolute Gasteiger partial charge is 0.222 e. The Morgan fingerprint density at radius 1 is 1.16 bits per heavy atom. The van der Waals surface area contributed by atoms with Gasteiger partial charge in [0.15, 0.2) is 14.6 Å². The molecule has 1 aromatic rings. The van der Waals surface area contributed by atoms with E-state index in [9.17, 15) is 13.7 Å². The van der Waals surface area contributed by atoms with E-state index in [1.807, 2.05) is 0 Å². The summed E-state index contributed by atoms with van der Waals surface area (Å²) in [6, 6.07) is 8.65. The van der Waals surface area contributed by atoms with Gasteiger partial charge in [-0.15, -0.1) is 0 Å². The van der Waals surface area contributed by atoms with Crippen LogP contribution >= 0.6 is 15.9 Å². The third kappa shape index (κ3) is 1.77. The molecule has 0 atom stereocenters. The number of benzene rings is 1. The van der Waals surface area contributed by atoms with E-state index in [4.69, 9.17) is 0 Å². The lowest BCUT2D eigenvalue weighted by Crippen LogP contribution is -2.58. The third-order valence-electron chi connectivity index (χ3n) is 4.58. The fraction of sp³-hybridized carbons (Fsp3) is 0.500. The molecule has 0 bridgehead atoms. The Balaban J connectivity index is 1.96. The van der Waals surface area contributed by atoms with Crippen LogP contribution in [0.25, 0.3) is 0 Å². The van der Waals surface area contributed by atoms with Gasteiger partial charge in [-0.2, -0.15) is 5.26 Å². The van der Waals surface area contributed by atoms with E-state index >= 15 is 0 Å². The smallest absolute Gasteiger partial charge is 0.197 e. The maximum atomic E-state index is 12.7. The highest BCUT2D eigenvalue weighted by molar-refractivity contribution is 9.10. The van der Waals surface area contributed by atoms with Crippen LogP contribution < -0.4 is 0 Å². The van der Waals surface area contributed by atoms with Crippen LogP contribution in [-0.4, -0.2) is 13.2 Å². The van der Waals surface area contributed by atoms with Crippen LogP contribution in [0.15, 0.2) is 33.6 Å². The van der Waals surface area contributed by atoms with Gasteiger partial charge in [0, 0.05) is 4.47 Å². The second-order valence-corrected chi connectivity index (χ2v) is 8.95. The summed E-state index contributed by atoms with van der Waals surface area (Å²) in [6.45, 7) is 0. The molecule has 1 spiro atoms. The summed E-state index contributed by atoms with van der Waals surface area (Å²) in [5, 5.41) is 9.40. The van der Waals surface area contributed by atoms with E-state index in [-0.39, 0.29) is 10.3 Å². The molecule has 2 saturated carbocycles. The van der Waals surface area contributed by atoms with E-state index in [1.54, 1.807) is 24.3 Å². The first kappa shape index (κ1) is 13.1. The van der Waals surface area contributed by atoms with E-state index in [0.717, 1.165) is 17.3 Å². The van der Waals surface area contributed by atoms with Gasteiger partial charge < -0.3 is 0 Å². The predicted octanol–water partition coefficient (Wildman–Crippen LogP) is 3.45. The summed E-state index contributed by atoms with van der Waals surface area (Å²) in [6.07, 6.45) is 4.34. The zero-order valence-electron chi connectivity index (χ0n) is 10.4. The number of hydrogen-bond donors (Lipinski definition) is 0. The molecule has 0 saturated heterocycles. The zero-order chi connectivity index (χ0) is 13.7. The summed E-state index contributed by atoms with van der Waals surface area (Å²) >= 11 is 3.29. The van der Waals surface area contributed by atoms with Crippen molar-refractivity contribution in [2.75, 3.05) is 0 Å². The van der Waals surface area contributed by atoms with Crippen molar-refractivity contribution in [3.8, 4) is 6.07 Å². The Hall–Kier alpha value is -0.860. The Kier molecular flexibility index (Phi) is 2.81. The normalized spacial score (nSPS) is 23.2. The average Bonchev–Trinajstić information content (AvgIpc) is 2.26. The summed E-state index contributed by atoms with van der Waals surface area (Å²) in [5.41, 5.74) is 0.151. The summed E-state index contributed by atoms with van der Waals surface area (Å²) < 4.78 is 25.0. The van der Waals surface area contributed by atoms with Gasteiger partial charge in [-0.3, -0.25) is 0 Å². The van der Waals surface area contributed by atoms with Crippen molar-refractivity contribution in [3.05, 3.63) is 28.7 Å². The minimum absolute atomic E-state index is 0.151. The molecule has 1 aromatic carbocycles. The summed E-state index contributed by atoms with van der Waals surface area (Å²) in [4.78, 5) is 0.256. The highest BCUT2D eigenvalue weighted by atomic mass is 79.9. The molecule has 19 heavy (non-hydrogen) atoms. The molecule has 2 fully saturated rings. The number of nitriles is 1. The Morgan fingerprint density at radius 2 is 1.74 bits per heavy atom. The van der Waals surface area contributed by atoms with Crippen molar-refractivity contribution >= 4 is 25.8 Å². The first-order chi connectivity index (χ1) is 8.93. The summed E-state index contributed by atoms with van der Waals surface area (Å²) in [7, 11) is -3.56. The van der Waals surface area contributed by atoms with Crippen molar-refractivity contribution in [3.63, 3.8) is 0 Å². The molecule has 100 valence electrons. The second kappa shape index (κ2) is 4.07. The van der Waals surface area contributed by atoms with E-state index in [2.05, 4.69) is 22.0 Å². The number of halogens is 1. The van der Waals surface area contributed by atoms with Crippen LogP contribution in [0.4, 0.5) is 0 Å². The molecule has 0 unspecified atom stereocenters. The van der Waals surface area contributed by atoms with Crippen LogP contribution in [0, 0.1) is 16.7 Å². The zero-order valence-corrected chi connectivity index (χ0v) is 12.8. The molecule has 0 aromatic heterocycles. The lowest BCUT2D eigenvalue weighted by molar-refractivity contribution is 0.0115. The van der Waals surface area contributed by atoms with Crippen LogP contribution in [0.5, 0.6) is 0 Å². The molecule has 0 radical (unpaired) electrons. The maximum Gasteiger partial charge on any atom is 0.197 e. The van der Waals surface area contributed by atoms with Crippen LogP contribution in [0.3, 0.4) is 0 Å². The summed E-state index contributed by atoms with van der Waals surface area (Å²) in [5.74, 6) is 0. The fourth-order valence-electron chi connectivity index (χ4n) is 3.36. The Labute approximate surface area is 121 Å². The lowest BCUT2D eigenvalue weighted by Gasteiger charge is -2.57. The molecule has 0 amide bonds. The van der Waals surface area contributed by atoms with Gasteiger partial charge in [0.25, 0.3) is 0 Å². The van der Waals surface area contributed by atoms with Gasteiger partial charge in [0.05, 0.1) is 11.0 Å². The molecule has 2 aliphatic rings. The average molecular weight is 340 g/mol. The van der Waals surface area contributed by atoms with Crippen LogP contribution in [-0.2, 0) is 9.84 Å². The van der Waals surface area contributed by atoms with Crippen molar-refractivity contribution in [1.29, 1.82) is 5.26 Å². The monoisotopic (exact) mass is 339 g/mol. The molecule has 5 heteroatoms. The lowest BCUT2D eigenvalue weighted by atomic mass is 9.52. The van der Waals surface area contributed by atoms with Gasteiger partial charge in [0.2, 0.25) is 0 Å². The number of rotatable bonds is 2. The van der Waals surface area contributed by atoms with Gasteiger partial charge >= 0.3 is 0 Å². The predicted molar refractivity (Wildman–Crippen MR) is 75.2 cm³/mol. The van der Waals surface area contributed by atoms with Crippen molar-refractivity contribution < 1.29 is 8.42 Å². The highest BCUT2D eigenvalue weighted by Crippen LogP contribution is 2.63. The molecule has 3 rings (SSSR count). The fourth-order valence-corrected chi connectivity index (χ4v) is 5.68. The second-order valence-electron chi connectivity index (χ2n) is 5.77. The van der Waals surface area contributed by atoms with Gasteiger partial charge in [0.1, 0.15) is 0 Å². The Bertz CT molecular complexity index is 646. The minimum Gasteiger partial charge on any atom is -0.222 e. The Morgan fingerprint density at radius 3 is 2.16 bits per heavy atom. The third-order valence-corrected chi connectivity index (χ3v) is 7.41. The molecule has 0 aliphatic heterocycles. The van der Waals surface area contributed by atoms with Gasteiger partial charge in [-0.1, -0.05) is 22.4 Å². The quantitative estimate of drug-likeness (QED) is 0.829.